The van der Waals surface area contributed by atoms with Gasteiger partial charge in [0.15, 0.2) is 11.5 Å². The molecule has 0 unspecified atom stereocenters. The van der Waals surface area contributed by atoms with Gasteiger partial charge in [-0.25, -0.2) is 9.97 Å². The molecular formula is C17H21BrN6O. The Kier molecular flexibility index (Phi) is 4.72. The normalized spacial score (nSPS) is 20.9. The highest BCUT2D eigenvalue weighted by Crippen LogP contribution is 2.34. The average molecular weight is 405 g/mol. The van der Waals surface area contributed by atoms with Crippen LogP contribution in [0.15, 0.2) is 35.6 Å². The first-order valence-electron chi connectivity index (χ1n) is 8.64. The molecule has 1 saturated carbocycles. The smallest absolute Gasteiger partial charge is 0.181 e. The summed E-state index contributed by atoms with van der Waals surface area (Å²) in [4.78, 5) is 8.78. The lowest BCUT2D eigenvalue weighted by atomic mass is 9.84. The van der Waals surface area contributed by atoms with Crippen molar-refractivity contribution in [3.05, 3.63) is 35.6 Å². The van der Waals surface area contributed by atoms with Crippen LogP contribution in [0.25, 0.3) is 5.65 Å². The number of aliphatic hydroxyl groups excluding tert-OH is 1. The minimum absolute atomic E-state index is 0.299. The molecule has 0 aromatic carbocycles. The summed E-state index contributed by atoms with van der Waals surface area (Å²) in [6.07, 6.45) is 14.8. The molecule has 0 amide bonds. The second kappa shape index (κ2) is 7.13. The van der Waals surface area contributed by atoms with E-state index in [0.717, 1.165) is 48.0 Å². The molecule has 1 fully saturated rings. The zero-order chi connectivity index (χ0) is 17.2. The zero-order valence-electron chi connectivity index (χ0n) is 13.8. The summed E-state index contributed by atoms with van der Waals surface area (Å²) in [6, 6.07) is 0.440. The second-order valence-corrected chi connectivity index (χ2v) is 7.38. The van der Waals surface area contributed by atoms with Crippen LogP contribution in [0, 0.1) is 5.92 Å². The topological polar surface area (TPSA) is 80.3 Å². The van der Waals surface area contributed by atoms with Gasteiger partial charge in [-0.15, -0.1) is 0 Å². The molecule has 0 aliphatic heterocycles. The van der Waals surface area contributed by atoms with Crippen LogP contribution in [0.1, 0.15) is 38.1 Å². The van der Waals surface area contributed by atoms with Crippen LogP contribution >= 0.6 is 15.9 Å². The first-order chi connectivity index (χ1) is 12.2. The van der Waals surface area contributed by atoms with Crippen LogP contribution in [-0.2, 0) is 0 Å². The van der Waals surface area contributed by atoms with E-state index in [4.69, 9.17) is 5.11 Å². The Morgan fingerprint density at radius 2 is 2.04 bits per heavy atom. The molecule has 3 aromatic heterocycles. The van der Waals surface area contributed by atoms with Gasteiger partial charge in [0, 0.05) is 25.2 Å². The third-order valence-corrected chi connectivity index (χ3v) is 5.56. The Balaban J connectivity index is 1.46. The number of nitrogens with zero attached hydrogens (tertiary/aromatic N) is 5. The largest absolute Gasteiger partial charge is 0.396 e. The maximum absolute atomic E-state index is 9.08. The molecule has 0 atom stereocenters. The lowest BCUT2D eigenvalue weighted by Crippen LogP contribution is -2.19. The van der Waals surface area contributed by atoms with E-state index in [1.54, 1.807) is 12.4 Å². The van der Waals surface area contributed by atoms with Crippen molar-refractivity contribution in [1.82, 2.24) is 24.1 Å². The highest BCUT2D eigenvalue weighted by molar-refractivity contribution is 9.10. The number of hydrogen-bond donors (Lipinski definition) is 2. The molecule has 7 nitrogen and oxygen atoms in total. The molecule has 0 bridgehead atoms. The Hall–Kier alpha value is -1.93. The van der Waals surface area contributed by atoms with Crippen LogP contribution < -0.4 is 5.32 Å². The fourth-order valence-electron chi connectivity index (χ4n) is 3.60. The van der Waals surface area contributed by atoms with Gasteiger partial charge in [0.05, 0.1) is 24.1 Å². The van der Waals surface area contributed by atoms with E-state index in [9.17, 15) is 0 Å². The van der Waals surface area contributed by atoms with E-state index in [2.05, 4.69) is 41.0 Å². The van der Waals surface area contributed by atoms with Crippen molar-refractivity contribution >= 4 is 33.1 Å². The summed E-state index contributed by atoms with van der Waals surface area (Å²) >= 11 is 3.47. The number of rotatable bonds is 5. The van der Waals surface area contributed by atoms with Crippen LogP contribution in [-0.4, -0.2) is 35.9 Å². The summed E-state index contributed by atoms with van der Waals surface area (Å²) in [5.74, 6) is 1.37. The minimum atomic E-state index is 0.299. The first-order valence-corrected chi connectivity index (χ1v) is 9.43. The summed E-state index contributed by atoms with van der Waals surface area (Å²) in [7, 11) is 0. The Bertz CT molecular complexity index is 852. The number of aliphatic hydroxyl groups is 1. The summed E-state index contributed by atoms with van der Waals surface area (Å²) in [6.45, 7) is 0.299. The minimum Gasteiger partial charge on any atom is -0.396 e. The van der Waals surface area contributed by atoms with Gasteiger partial charge in [-0.05, 0) is 54.0 Å². The van der Waals surface area contributed by atoms with Crippen molar-refractivity contribution in [3.63, 3.8) is 0 Å². The van der Waals surface area contributed by atoms with Gasteiger partial charge in [0.25, 0.3) is 0 Å². The number of nitrogens with one attached hydrogen (secondary N) is 1. The molecule has 0 saturated heterocycles. The van der Waals surface area contributed by atoms with Crippen LogP contribution in [0.4, 0.5) is 11.5 Å². The number of aromatic nitrogens is 5. The van der Waals surface area contributed by atoms with Crippen molar-refractivity contribution in [2.75, 3.05) is 11.9 Å². The molecular weight excluding hydrogens is 384 g/mol. The van der Waals surface area contributed by atoms with Crippen molar-refractivity contribution < 1.29 is 5.11 Å². The van der Waals surface area contributed by atoms with E-state index in [0.29, 0.717) is 24.4 Å². The van der Waals surface area contributed by atoms with Gasteiger partial charge in [-0.1, -0.05) is 0 Å². The fourth-order valence-corrected chi connectivity index (χ4v) is 3.99. The van der Waals surface area contributed by atoms with E-state index >= 15 is 0 Å². The van der Waals surface area contributed by atoms with Gasteiger partial charge in [-0.2, -0.15) is 5.10 Å². The second-order valence-electron chi connectivity index (χ2n) is 6.57. The number of hydrogen-bond acceptors (Lipinski definition) is 5. The predicted molar refractivity (Wildman–Crippen MR) is 98.9 cm³/mol. The number of imidazole rings is 1. The zero-order valence-corrected chi connectivity index (χ0v) is 15.4. The fraction of sp³-hybridized carbons (Fsp3) is 0.471. The van der Waals surface area contributed by atoms with Gasteiger partial charge >= 0.3 is 0 Å². The standard InChI is InChI=1S/C17H21BrN6O/c18-15-10-20-16(17-19-6-7-23(15)17)22-13-9-21-24(11-13)14-3-1-12(2-4-14)5-8-25/h6-7,9-12,14,25H,1-5,8H2,(H,20,22)/t12-,14-. The lowest BCUT2D eigenvalue weighted by Gasteiger charge is -2.28. The molecule has 1 aliphatic rings. The third-order valence-electron chi connectivity index (χ3n) is 4.97. The van der Waals surface area contributed by atoms with Crippen molar-refractivity contribution in [3.8, 4) is 0 Å². The van der Waals surface area contributed by atoms with Crippen molar-refractivity contribution in [1.29, 1.82) is 0 Å². The van der Waals surface area contributed by atoms with E-state index < -0.39 is 0 Å². The molecule has 0 radical (unpaired) electrons. The lowest BCUT2D eigenvalue weighted by molar-refractivity contribution is 0.202. The number of fused-ring (bicyclic) bond motifs is 1. The summed E-state index contributed by atoms with van der Waals surface area (Å²) in [5.41, 5.74) is 1.68. The van der Waals surface area contributed by atoms with Crippen LogP contribution in [0.3, 0.4) is 0 Å². The maximum Gasteiger partial charge on any atom is 0.181 e. The van der Waals surface area contributed by atoms with Gasteiger partial charge in [-0.3, -0.25) is 9.08 Å². The maximum atomic E-state index is 9.08. The van der Waals surface area contributed by atoms with E-state index in [1.165, 1.54) is 0 Å². The van der Waals surface area contributed by atoms with E-state index in [-0.39, 0.29) is 0 Å². The Morgan fingerprint density at radius 3 is 2.84 bits per heavy atom. The average Bonchev–Trinajstić information content (AvgIpc) is 3.28. The molecule has 3 heterocycles. The third kappa shape index (κ3) is 3.41. The van der Waals surface area contributed by atoms with Crippen LogP contribution in [0.5, 0.6) is 0 Å². The SMILES string of the molecule is OCC[C@H]1CC[C@H](n2cc(Nc3ncc(Br)n4ccnc34)cn2)CC1. The monoisotopic (exact) mass is 404 g/mol. The molecule has 3 aromatic rings. The predicted octanol–water partition coefficient (Wildman–Crippen LogP) is 3.55. The van der Waals surface area contributed by atoms with Crippen molar-refractivity contribution in [2.45, 2.75) is 38.1 Å². The molecule has 2 N–H and O–H groups in total. The Morgan fingerprint density at radius 1 is 1.20 bits per heavy atom. The number of anilines is 2. The number of halogens is 1. The van der Waals surface area contributed by atoms with E-state index in [1.807, 2.05) is 23.0 Å². The summed E-state index contributed by atoms with van der Waals surface area (Å²) in [5, 5.41) is 16.9. The Labute approximate surface area is 154 Å². The van der Waals surface area contributed by atoms with Gasteiger partial charge in [0.1, 0.15) is 4.60 Å². The first kappa shape index (κ1) is 16.5. The molecule has 25 heavy (non-hydrogen) atoms. The quantitative estimate of drug-likeness (QED) is 0.679. The molecule has 8 heteroatoms. The molecule has 1 aliphatic carbocycles. The van der Waals surface area contributed by atoms with Gasteiger partial charge in [0.2, 0.25) is 0 Å². The highest BCUT2D eigenvalue weighted by atomic mass is 79.9. The molecule has 4 rings (SSSR count). The highest BCUT2D eigenvalue weighted by Gasteiger charge is 2.22. The van der Waals surface area contributed by atoms with Crippen molar-refractivity contribution in [2.24, 2.45) is 5.92 Å². The van der Waals surface area contributed by atoms with Gasteiger partial charge < -0.3 is 10.4 Å². The molecule has 0 spiro atoms. The molecule has 132 valence electrons. The van der Waals surface area contributed by atoms with Crippen LogP contribution in [0.2, 0.25) is 0 Å². The summed E-state index contributed by atoms with van der Waals surface area (Å²) < 4.78 is 4.85.